The summed E-state index contributed by atoms with van der Waals surface area (Å²) in [5, 5.41) is 9.37. The predicted octanol–water partition coefficient (Wildman–Crippen LogP) is 18.7. The Morgan fingerprint density at radius 2 is 0.760 bits per heavy atom. The highest BCUT2D eigenvalue weighted by Crippen LogP contribution is 2.43. The van der Waals surface area contributed by atoms with Crippen molar-refractivity contribution in [3.05, 3.63) is 248 Å². The van der Waals surface area contributed by atoms with Gasteiger partial charge >= 0.3 is 0 Å². The summed E-state index contributed by atoms with van der Waals surface area (Å²) in [5.41, 5.74) is 20.6. The van der Waals surface area contributed by atoms with Crippen molar-refractivity contribution in [2.24, 2.45) is 4.99 Å². The van der Waals surface area contributed by atoms with E-state index in [-0.39, 0.29) is 0 Å². The molecule has 0 saturated carbocycles. The van der Waals surface area contributed by atoms with E-state index in [1.165, 1.54) is 49.2 Å². The molecule has 352 valence electrons. The van der Waals surface area contributed by atoms with Gasteiger partial charge in [-0.05, 0) is 162 Å². The number of anilines is 2. The van der Waals surface area contributed by atoms with Gasteiger partial charge in [0.05, 0.1) is 33.4 Å². The number of para-hydroxylation sites is 5. The molecule has 1 aliphatic rings. The van der Waals surface area contributed by atoms with Crippen molar-refractivity contribution in [2.45, 2.75) is 13.3 Å². The first-order valence-electron chi connectivity index (χ1n) is 25.6. The van der Waals surface area contributed by atoms with Crippen molar-refractivity contribution in [3.63, 3.8) is 0 Å². The van der Waals surface area contributed by atoms with Crippen LogP contribution in [0, 0.1) is 6.92 Å². The minimum absolute atomic E-state index is 0.694. The Bertz CT molecular complexity index is 4790. The molecule has 16 rings (SSSR count). The standard InChI is InChI=1S/C69H44N4O2/c1-42-35-43(45-25-31-65-55(37-45)57-40-49(27-33-67(57)74-65)71-61-19-9-5-15-51(61)52-16-6-10-20-62(52)71)23-29-59(42)70-69-39-47-36-44(24-30-60(47)73(69)48-13-3-2-4-14-48)46-26-32-66-56(38-46)58-41-50(28-34-68(58)75-66)72-63-21-11-7-17-53(63)54-18-8-12-22-64(54)72/h2-38,40-41H,39H2,1H3/b70-69+. The molecule has 0 atom stereocenters. The van der Waals surface area contributed by atoms with Gasteiger partial charge in [-0.3, -0.25) is 4.90 Å². The average molecular weight is 961 g/mol. The zero-order chi connectivity index (χ0) is 49.3. The number of hydrogen-bond acceptors (Lipinski definition) is 3. The first-order chi connectivity index (χ1) is 37.1. The van der Waals surface area contributed by atoms with E-state index < -0.39 is 0 Å². The molecule has 0 radical (unpaired) electrons. The Kier molecular flexibility index (Phi) is 8.92. The van der Waals surface area contributed by atoms with Crippen molar-refractivity contribution >= 4 is 110 Å². The maximum absolute atomic E-state index is 6.47. The number of furan rings is 2. The minimum Gasteiger partial charge on any atom is -0.456 e. The Morgan fingerprint density at radius 1 is 0.347 bits per heavy atom. The zero-order valence-corrected chi connectivity index (χ0v) is 40.8. The Morgan fingerprint density at radius 3 is 1.27 bits per heavy atom. The lowest BCUT2D eigenvalue weighted by Crippen LogP contribution is -2.21. The van der Waals surface area contributed by atoms with Gasteiger partial charge < -0.3 is 18.0 Å². The van der Waals surface area contributed by atoms with E-state index in [1.807, 2.05) is 0 Å². The molecule has 15 aromatic rings. The highest BCUT2D eigenvalue weighted by atomic mass is 16.3. The molecule has 0 spiro atoms. The second kappa shape index (κ2) is 16.0. The second-order valence-corrected chi connectivity index (χ2v) is 19.9. The molecule has 0 saturated heterocycles. The van der Waals surface area contributed by atoms with Gasteiger partial charge in [-0.25, -0.2) is 4.99 Å². The summed E-state index contributed by atoms with van der Waals surface area (Å²) in [7, 11) is 0. The number of benzene rings is 11. The summed E-state index contributed by atoms with van der Waals surface area (Å²) in [6.45, 7) is 2.17. The normalized spacial score (nSPS) is 13.3. The van der Waals surface area contributed by atoms with Crippen LogP contribution in [-0.4, -0.2) is 15.0 Å². The van der Waals surface area contributed by atoms with Crippen molar-refractivity contribution < 1.29 is 8.83 Å². The van der Waals surface area contributed by atoms with Gasteiger partial charge in [0.1, 0.15) is 28.2 Å². The van der Waals surface area contributed by atoms with E-state index in [0.29, 0.717) is 6.42 Å². The molecule has 0 aliphatic carbocycles. The van der Waals surface area contributed by atoms with Crippen molar-refractivity contribution in [3.8, 4) is 33.6 Å². The van der Waals surface area contributed by atoms with Crippen molar-refractivity contribution in [2.75, 3.05) is 4.90 Å². The molecule has 1 aliphatic heterocycles. The third-order valence-electron chi connectivity index (χ3n) is 15.6. The van der Waals surface area contributed by atoms with Crippen LogP contribution in [0.2, 0.25) is 0 Å². The quantitative estimate of drug-likeness (QED) is 0.167. The Hall–Kier alpha value is -9.91. The van der Waals surface area contributed by atoms with Crippen LogP contribution in [0.25, 0.3) is 121 Å². The van der Waals surface area contributed by atoms with Crippen LogP contribution in [0.15, 0.2) is 250 Å². The minimum atomic E-state index is 0.694. The second-order valence-electron chi connectivity index (χ2n) is 19.9. The van der Waals surface area contributed by atoms with E-state index in [2.05, 4.69) is 258 Å². The SMILES string of the molecule is Cc1cc(-c2ccc3oc4ccc(-n5c6ccccc6c6ccccc65)cc4c3c2)ccc1/N=C1\Cc2cc(-c3ccc4oc5ccc(-n6c7ccccc7c7ccccc76)cc5c4c3)ccc2N1c1ccccc1. The highest BCUT2D eigenvalue weighted by Gasteiger charge is 2.28. The Balaban J connectivity index is 0.738. The van der Waals surface area contributed by atoms with E-state index >= 15 is 0 Å². The molecule has 0 fully saturated rings. The summed E-state index contributed by atoms with van der Waals surface area (Å²) >= 11 is 0. The molecule has 0 unspecified atom stereocenters. The number of rotatable bonds is 6. The zero-order valence-electron chi connectivity index (χ0n) is 40.8. The molecule has 6 heteroatoms. The van der Waals surface area contributed by atoms with Gasteiger partial charge in [-0.2, -0.15) is 0 Å². The van der Waals surface area contributed by atoms with Gasteiger partial charge in [-0.15, -0.1) is 0 Å². The molecule has 6 nitrogen and oxygen atoms in total. The summed E-state index contributed by atoms with van der Waals surface area (Å²) in [4.78, 5) is 7.79. The fraction of sp³-hybridized carbons (Fsp3) is 0.0290. The molecular weight excluding hydrogens is 917 g/mol. The molecule has 0 N–H and O–H groups in total. The molecular formula is C69H44N4O2. The highest BCUT2D eigenvalue weighted by molar-refractivity contribution is 6.14. The largest absolute Gasteiger partial charge is 0.456 e. The lowest BCUT2D eigenvalue weighted by atomic mass is 9.99. The lowest BCUT2D eigenvalue weighted by molar-refractivity contribution is 0.668. The van der Waals surface area contributed by atoms with Crippen molar-refractivity contribution in [1.29, 1.82) is 0 Å². The molecule has 0 amide bonds. The van der Waals surface area contributed by atoms with Crippen LogP contribution in [-0.2, 0) is 6.42 Å². The van der Waals surface area contributed by atoms with Crippen LogP contribution in [0.1, 0.15) is 11.1 Å². The number of nitrogens with zero attached hydrogens (tertiary/aromatic N) is 4. The van der Waals surface area contributed by atoms with E-state index in [1.54, 1.807) is 0 Å². The van der Waals surface area contributed by atoms with Crippen molar-refractivity contribution in [1.82, 2.24) is 9.13 Å². The maximum atomic E-state index is 6.47. The van der Waals surface area contributed by atoms with Crippen LogP contribution in [0.4, 0.5) is 17.1 Å². The average Bonchev–Trinajstić information content (AvgIpc) is 4.31. The number of aliphatic imine (C=N–C) groups is 1. The number of hydrogen-bond donors (Lipinski definition) is 0. The van der Waals surface area contributed by atoms with Crippen LogP contribution < -0.4 is 4.90 Å². The van der Waals surface area contributed by atoms with E-state index in [9.17, 15) is 0 Å². The number of fused-ring (bicyclic) bond motifs is 13. The number of aryl methyl sites for hydroxylation is 1. The summed E-state index contributed by atoms with van der Waals surface area (Å²) in [6.07, 6.45) is 0.694. The van der Waals surface area contributed by atoms with Crippen LogP contribution in [0.5, 0.6) is 0 Å². The van der Waals surface area contributed by atoms with Crippen LogP contribution in [0.3, 0.4) is 0 Å². The fourth-order valence-electron chi connectivity index (χ4n) is 12.1. The van der Waals surface area contributed by atoms with Crippen LogP contribution >= 0.6 is 0 Å². The number of amidine groups is 1. The molecule has 75 heavy (non-hydrogen) atoms. The van der Waals surface area contributed by atoms with Gasteiger partial charge in [0.15, 0.2) is 0 Å². The molecule has 0 bridgehead atoms. The number of aromatic nitrogens is 2. The van der Waals surface area contributed by atoms with Gasteiger partial charge in [0.2, 0.25) is 0 Å². The van der Waals surface area contributed by atoms with Gasteiger partial charge in [-0.1, -0.05) is 115 Å². The van der Waals surface area contributed by atoms with Gasteiger partial charge in [0, 0.05) is 66.6 Å². The third-order valence-corrected chi connectivity index (χ3v) is 15.6. The summed E-state index contributed by atoms with van der Waals surface area (Å²) in [6, 6.07) is 84.9. The van der Waals surface area contributed by atoms with E-state index in [4.69, 9.17) is 13.8 Å². The fourth-order valence-corrected chi connectivity index (χ4v) is 12.1. The first-order valence-corrected chi connectivity index (χ1v) is 25.6. The predicted molar refractivity (Wildman–Crippen MR) is 311 cm³/mol. The monoisotopic (exact) mass is 960 g/mol. The topological polar surface area (TPSA) is 51.7 Å². The van der Waals surface area contributed by atoms with E-state index in [0.717, 1.165) is 106 Å². The maximum Gasteiger partial charge on any atom is 0.135 e. The third kappa shape index (κ3) is 6.43. The summed E-state index contributed by atoms with van der Waals surface area (Å²) < 4.78 is 17.6. The Labute approximate surface area is 430 Å². The van der Waals surface area contributed by atoms with Gasteiger partial charge in [0.25, 0.3) is 0 Å². The molecule has 5 heterocycles. The lowest BCUT2D eigenvalue weighted by Gasteiger charge is -2.21. The smallest absolute Gasteiger partial charge is 0.135 e. The molecule has 11 aromatic carbocycles. The molecule has 4 aromatic heterocycles. The first kappa shape index (κ1) is 41.7. The summed E-state index contributed by atoms with van der Waals surface area (Å²) in [5.74, 6) is 0.989.